The second-order valence-electron chi connectivity index (χ2n) is 9.81. The first kappa shape index (κ1) is 34.9. The van der Waals surface area contributed by atoms with E-state index in [1.165, 1.54) is 20.8 Å². The Morgan fingerprint density at radius 2 is 1.81 bits per heavy atom. The highest BCUT2D eigenvalue weighted by Gasteiger charge is 2.48. The normalized spacial score (nSPS) is 23.5. The first-order valence-corrected chi connectivity index (χ1v) is 13.4. The number of aliphatic hydroxyl groups is 1. The second-order valence-corrected chi connectivity index (χ2v) is 9.81. The highest BCUT2D eigenvalue weighted by atomic mass is 16.7. The van der Waals surface area contributed by atoms with E-state index in [1.807, 2.05) is 6.07 Å². The number of ether oxygens (including phenoxy) is 3. The fourth-order valence-electron chi connectivity index (χ4n) is 4.26. The number of carbonyl (C=O) groups excluding carboxylic acids is 4. The Kier molecular flexibility index (Phi) is 13.8. The Bertz CT molecular complexity index is 1180. The molecule has 0 spiro atoms. The Morgan fingerprint density at radius 1 is 1.14 bits per heavy atom. The summed E-state index contributed by atoms with van der Waals surface area (Å²) < 4.78 is 17.7. The van der Waals surface area contributed by atoms with Gasteiger partial charge in [0.15, 0.2) is 6.29 Å². The minimum atomic E-state index is -1.31. The van der Waals surface area contributed by atoms with Crippen molar-refractivity contribution in [3.63, 3.8) is 0 Å². The maximum atomic E-state index is 13.0. The van der Waals surface area contributed by atoms with Crippen LogP contribution in [-0.4, -0.2) is 95.2 Å². The number of nitrogens with zero attached hydrogens (tertiary/aromatic N) is 3. The lowest BCUT2D eigenvalue weighted by Crippen LogP contribution is -2.65. The van der Waals surface area contributed by atoms with E-state index >= 15 is 0 Å². The van der Waals surface area contributed by atoms with Gasteiger partial charge in [0.25, 0.3) is 0 Å². The van der Waals surface area contributed by atoms with E-state index in [9.17, 15) is 34.6 Å². The average molecular weight is 608 g/mol. The number of aliphatic carboxylic acids is 1. The number of carboxylic acid groups (broad SMARTS) is 1. The summed E-state index contributed by atoms with van der Waals surface area (Å²) in [7, 11) is 0. The molecule has 2 rings (SSSR count). The zero-order valence-corrected chi connectivity index (χ0v) is 23.9. The van der Waals surface area contributed by atoms with Gasteiger partial charge in [-0.25, -0.2) is 0 Å². The van der Waals surface area contributed by atoms with Crippen LogP contribution in [0.1, 0.15) is 39.2 Å². The van der Waals surface area contributed by atoms with Crippen molar-refractivity contribution in [3.8, 4) is 0 Å². The molecule has 43 heavy (non-hydrogen) atoms. The van der Waals surface area contributed by atoms with E-state index < -0.39 is 91.4 Å². The third-order valence-corrected chi connectivity index (χ3v) is 6.45. The molecule has 0 bridgehead atoms. The van der Waals surface area contributed by atoms with Gasteiger partial charge in [0.1, 0.15) is 24.2 Å². The molecular weight excluding hydrogens is 570 g/mol. The largest absolute Gasteiger partial charge is 0.481 e. The van der Waals surface area contributed by atoms with Gasteiger partial charge < -0.3 is 46.1 Å². The van der Waals surface area contributed by atoms with Crippen LogP contribution in [0, 0.1) is 0 Å². The molecule has 0 aromatic heterocycles. The van der Waals surface area contributed by atoms with Gasteiger partial charge in [-0.3, -0.25) is 24.0 Å². The number of nitrogens with two attached hydrogens (primary N) is 1. The maximum absolute atomic E-state index is 13.0. The number of aliphatic hydroxyl groups excluding tert-OH is 1. The summed E-state index contributed by atoms with van der Waals surface area (Å²) >= 11 is 0. The smallest absolute Gasteiger partial charge is 0.303 e. The van der Waals surface area contributed by atoms with Crippen LogP contribution in [0.25, 0.3) is 10.4 Å². The third kappa shape index (κ3) is 10.8. The van der Waals surface area contributed by atoms with E-state index in [4.69, 9.17) is 25.1 Å². The SMILES string of the molecule is CC(=O)N[C@H]1[C@H](OCc2ccccc2)O[C@H](CO)[C@@H](N=[N+]=[N-])[C@@H]1O[C@H](C)C(=O)N[C@@H](C)C(=O)N[C@H](CCC(=O)O)C(N)=O. The van der Waals surface area contributed by atoms with Gasteiger partial charge >= 0.3 is 5.97 Å². The van der Waals surface area contributed by atoms with E-state index in [0.717, 1.165) is 5.56 Å². The molecule has 1 heterocycles. The van der Waals surface area contributed by atoms with Crippen LogP contribution in [0.4, 0.5) is 0 Å². The molecule has 1 fully saturated rings. The number of primary amides is 1. The van der Waals surface area contributed by atoms with Crippen molar-refractivity contribution in [2.75, 3.05) is 6.61 Å². The molecule has 4 amide bonds. The van der Waals surface area contributed by atoms with Crippen molar-refractivity contribution in [1.29, 1.82) is 0 Å². The predicted octanol–water partition coefficient (Wildman–Crippen LogP) is -0.783. The highest BCUT2D eigenvalue weighted by Crippen LogP contribution is 2.28. The summed E-state index contributed by atoms with van der Waals surface area (Å²) in [5, 5.41) is 29.9. The van der Waals surface area contributed by atoms with Crippen LogP contribution in [0.15, 0.2) is 35.4 Å². The predicted molar refractivity (Wildman–Crippen MR) is 147 cm³/mol. The van der Waals surface area contributed by atoms with Crippen LogP contribution in [0.2, 0.25) is 0 Å². The molecule has 1 saturated heterocycles. The number of carbonyl (C=O) groups is 5. The molecule has 1 aromatic carbocycles. The monoisotopic (exact) mass is 607 g/mol. The first-order valence-electron chi connectivity index (χ1n) is 13.4. The number of hydrogen-bond donors (Lipinski definition) is 6. The van der Waals surface area contributed by atoms with Gasteiger partial charge in [-0.15, -0.1) is 0 Å². The zero-order chi connectivity index (χ0) is 32.1. The van der Waals surface area contributed by atoms with Gasteiger partial charge in [0.05, 0.1) is 31.5 Å². The molecule has 17 nitrogen and oxygen atoms in total. The minimum absolute atomic E-state index is 0.0556. The molecule has 17 heteroatoms. The van der Waals surface area contributed by atoms with E-state index in [-0.39, 0.29) is 13.0 Å². The zero-order valence-electron chi connectivity index (χ0n) is 23.9. The van der Waals surface area contributed by atoms with E-state index in [1.54, 1.807) is 24.3 Å². The molecule has 7 N–H and O–H groups in total. The number of amides is 4. The lowest BCUT2D eigenvalue weighted by atomic mass is 9.94. The van der Waals surface area contributed by atoms with Crippen LogP contribution in [0.3, 0.4) is 0 Å². The number of nitrogens with one attached hydrogen (secondary N) is 3. The number of hydrogen-bond acceptors (Lipinski definition) is 10. The second kappa shape index (κ2) is 17.0. The fourth-order valence-corrected chi connectivity index (χ4v) is 4.26. The summed E-state index contributed by atoms with van der Waals surface area (Å²) in [6, 6.07) is 4.26. The highest BCUT2D eigenvalue weighted by molar-refractivity contribution is 5.92. The average Bonchev–Trinajstić information content (AvgIpc) is 2.96. The number of benzene rings is 1. The molecule has 0 unspecified atom stereocenters. The van der Waals surface area contributed by atoms with Crippen LogP contribution in [0.5, 0.6) is 0 Å². The van der Waals surface area contributed by atoms with Crippen molar-refractivity contribution in [1.82, 2.24) is 16.0 Å². The molecule has 236 valence electrons. The van der Waals surface area contributed by atoms with Crippen molar-refractivity contribution in [3.05, 3.63) is 46.3 Å². The van der Waals surface area contributed by atoms with Crippen molar-refractivity contribution < 1.29 is 48.4 Å². The van der Waals surface area contributed by atoms with Gasteiger partial charge in [0, 0.05) is 18.3 Å². The quantitative estimate of drug-likeness (QED) is 0.0775. The molecule has 1 aliphatic heterocycles. The molecular formula is C26H37N7O10. The Labute approximate surface area is 247 Å². The lowest BCUT2D eigenvalue weighted by molar-refractivity contribution is -0.256. The van der Waals surface area contributed by atoms with Crippen LogP contribution >= 0.6 is 0 Å². The van der Waals surface area contributed by atoms with E-state index in [2.05, 4.69) is 26.0 Å². The molecule has 0 aliphatic carbocycles. The van der Waals surface area contributed by atoms with Gasteiger partial charge in [-0.05, 0) is 31.4 Å². The van der Waals surface area contributed by atoms with Crippen molar-refractivity contribution in [2.45, 2.75) is 89.0 Å². The lowest BCUT2D eigenvalue weighted by Gasteiger charge is -2.45. The van der Waals surface area contributed by atoms with Crippen LogP contribution in [-0.2, 0) is 44.8 Å². The number of carboxylic acids is 1. The van der Waals surface area contributed by atoms with E-state index in [0.29, 0.717) is 0 Å². The summed E-state index contributed by atoms with van der Waals surface area (Å²) in [6.45, 7) is 3.35. The van der Waals surface area contributed by atoms with Crippen molar-refractivity contribution >= 4 is 29.6 Å². The standard InChI is InChI=1S/C26H37N7O10/c1-13(24(39)31-17(23(27)38)9-10-19(36)37)29-25(40)14(2)42-22-20(32-33-28)18(11-34)43-26(21(22)30-15(3)35)41-12-16-7-5-4-6-8-16/h4-8,13-14,17-18,20-22,26,34H,9-12H2,1-3H3,(H2,27,38)(H,29,40)(H,30,35)(H,31,39)(H,36,37)/t13-,14+,17+,18+,20+,21+,22-,26+/m0/s1. The first-order chi connectivity index (χ1) is 20.4. The molecule has 0 saturated carbocycles. The van der Waals surface area contributed by atoms with Gasteiger partial charge in [-0.2, -0.15) is 0 Å². The Morgan fingerprint density at radius 3 is 2.37 bits per heavy atom. The van der Waals surface area contributed by atoms with Gasteiger partial charge in [0.2, 0.25) is 23.6 Å². The molecule has 1 aromatic rings. The maximum Gasteiger partial charge on any atom is 0.303 e. The topological polar surface area (TPSA) is 264 Å². The third-order valence-electron chi connectivity index (χ3n) is 6.45. The molecule has 0 radical (unpaired) electrons. The Hall–Kier alpha value is -4.28. The van der Waals surface area contributed by atoms with Crippen LogP contribution < -0.4 is 21.7 Å². The molecule has 8 atom stereocenters. The summed E-state index contributed by atoms with van der Waals surface area (Å²) in [6.07, 6.45) is -5.51. The summed E-state index contributed by atoms with van der Waals surface area (Å²) in [4.78, 5) is 63.0. The number of rotatable bonds is 16. The molecule has 1 aliphatic rings. The minimum Gasteiger partial charge on any atom is -0.481 e. The summed E-state index contributed by atoms with van der Waals surface area (Å²) in [5.41, 5.74) is 15.2. The summed E-state index contributed by atoms with van der Waals surface area (Å²) in [5.74, 6) is -4.24. The van der Waals surface area contributed by atoms with Crippen molar-refractivity contribution in [2.24, 2.45) is 10.8 Å². The fraction of sp³-hybridized carbons (Fsp3) is 0.577. The Balaban J connectivity index is 2.21. The number of azide groups is 1. The van der Waals surface area contributed by atoms with Gasteiger partial charge in [-0.1, -0.05) is 35.4 Å².